The lowest BCUT2D eigenvalue weighted by molar-refractivity contribution is -0.114. The van der Waals surface area contributed by atoms with E-state index in [1.54, 1.807) is 24.3 Å². The molecule has 0 atom stereocenters. The maximum Gasteiger partial charge on any atom is 0.221 e. The summed E-state index contributed by atoms with van der Waals surface area (Å²) in [6.07, 6.45) is 1.82. The molecule has 1 amide bonds. The molecule has 0 spiro atoms. The van der Waals surface area contributed by atoms with Gasteiger partial charge in [-0.05, 0) is 36.4 Å². The number of amides is 1. The zero-order valence-corrected chi connectivity index (χ0v) is 15.3. The first-order valence-electron chi connectivity index (χ1n) is 8.18. The highest BCUT2D eigenvalue weighted by Gasteiger charge is 2.13. The average Bonchev–Trinajstić information content (AvgIpc) is 2.98. The summed E-state index contributed by atoms with van der Waals surface area (Å²) in [5, 5.41) is 3.49. The van der Waals surface area contributed by atoms with Crippen LogP contribution >= 0.6 is 11.8 Å². The third kappa shape index (κ3) is 4.03. The molecule has 1 N–H and O–H groups in total. The van der Waals surface area contributed by atoms with Gasteiger partial charge in [-0.2, -0.15) is 0 Å². The number of carbonyl (C=O) groups excluding carboxylic acids is 2. The number of rotatable bonds is 7. The Bertz CT molecular complexity index is 961. The number of fused-ring (bicyclic) bond motifs is 1. The molecule has 0 saturated carbocycles. The summed E-state index contributed by atoms with van der Waals surface area (Å²) in [5.74, 6) is 0.169. The van der Waals surface area contributed by atoms with Crippen LogP contribution in [0.1, 0.15) is 17.3 Å². The summed E-state index contributed by atoms with van der Waals surface area (Å²) in [7, 11) is 0. The lowest BCUT2D eigenvalue weighted by Crippen LogP contribution is -2.07. The van der Waals surface area contributed by atoms with Crippen molar-refractivity contribution in [2.45, 2.75) is 18.6 Å². The van der Waals surface area contributed by atoms with E-state index < -0.39 is 0 Å². The Morgan fingerprint density at radius 1 is 1.19 bits per heavy atom. The number of carbonyl (C=O) groups is 2. The highest BCUT2D eigenvalue weighted by atomic mass is 32.2. The minimum absolute atomic E-state index is 0.0154. The Hall–Kier alpha value is -2.86. The zero-order chi connectivity index (χ0) is 18.5. The van der Waals surface area contributed by atoms with Crippen molar-refractivity contribution in [2.24, 2.45) is 0 Å². The fourth-order valence-corrected chi connectivity index (χ4v) is 3.54. The van der Waals surface area contributed by atoms with E-state index in [1.807, 2.05) is 30.3 Å². The quantitative estimate of drug-likeness (QED) is 0.388. The molecule has 0 aliphatic rings. The third-order valence-corrected chi connectivity index (χ3v) is 4.77. The van der Waals surface area contributed by atoms with Crippen LogP contribution in [0.25, 0.3) is 11.0 Å². The molecule has 0 aliphatic carbocycles. The minimum atomic E-state index is -0.138. The molecule has 3 aromatic rings. The van der Waals surface area contributed by atoms with E-state index in [0.717, 1.165) is 16.2 Å². The summed E-state index contributed by atoms with van der Waals surface area (Å²) < 4.78 is 2.06. The Morgan fingerprint density at radius 2 is 1.92 bits per heavy atom. The molecule has 0 bridgehead atoms. The van der Waals surface area contributed by atoms with Crippen LogP contribution in [-0.4, -0.2) is 27.0 Å². The first-order valence-corrected chi connectivity index (χ1v) is 9.17. The number of hydrogen-bond donors (Lipinski definition) is 1. The van der Waals surface area contributed by atoms with E-state index in [1.165, 1.54) is 18.7 Å². The van der Waals surface area contributed by atoms with Crippen molar-refractivity contribution in [3.8, 4) is 0 Å². The summed E-state index contributed by atoms with van der Waals surface area (Å²) in [6, 6.07) is 14.8. The van der Waals surface area contributed by atoms with Crippen LogP contribution in [0.2, 0.25) is 0 Å². The number of Topliss-reactive ketones (excluding diaryl/α,β-unsaturated/α-hetero) is 1. The topological polar surface area (TPSA) is 64.0 Å². The molecule has 0 radical (unpaired) electrons. The normalized spacial score (nSPS) is 10.7. The molecule has 0 aliphatic heterocycles. The van der Waals surface area contributed by atoms with Gasteiger partial charge in [0.15, 0.2) is 10.9 Å². The van der Waals surface area contributed by atoms with Gasteiger partial charge in [0.2, 0.25) is 5.91 Å². The van der Waals surface area contributed by atoms with E-state index in [2.05, 4.69) is 21.4 Å². The number of aromatic nitrogens is 2. The van der Waals surface area contributed by atoms with Gasteiger partial charge in [0, 0.05) is 24.7 Å². The lowest BCUT2D eigenvalue weighted by Gasteiger charge is -2.06. The van der Waals surface area contributed by atoms with E-state index >= 15 is 0 Å². The second kappa shape index (κ2) is 8.01. The van der Waals surface area contributed by atoms with Gasteiger partial charge in [-0.3, -0.25) is 9.59 Å². The first-order chi connectivity index (χ1) is 12.6. The van der Waals surface area contributed by atoms with E-state index in [9.17, 15) is 9.59 Å². The SMILES string of the molecule is C=CCn1c(SCC(=O)c2ccc(NC(C)=O)cc2)nc2ccccc21. The smallest absolute Gasteiger partial charge is 0.221 e. The van der Waals surface area contributed by atoms with Crippen LogP contribution in [0.3, 0.4) is 0 Å². The standard InChI is InChI=1S/C20H19N3O2S/c1-3-12-23-18-7-5-4-6-17(18)22-20(23)26-13-19(25)15-8-10-16(11-9-15)21-14(2)24/h3-11H,1,12-13H2,2H3,(H,21,24). The predicted molar refractivity (Wildman–Crippen MR) is 106 cm³/mol. The molecule has 1 aromatic heterocycles. The molecule has 1 heterocycles. The second-order valence-electron chi connectivity index (χ2n) is 5.75. The zero-order valence-electron chi connectivity index (χ0n) is 14.4. The Balaban J connectivity index is 1.73. The Kier molecular flexibility index (Phi) is 5.53. The van der Waals surface area contributed by atoms with Crippen LogP contribution in [0.5, 0.6) is 0 Å². The van der Waals surface area contributed by atoms with Crippen LogP contribution in [-0.2, 0) is 11.3 Å². The second-order valence-corrected chi connectivity index (χ2v) is 6.70. The van der Waals surface area contributed by atoms with Crippen molar-refractivity contribution in [3.63, 3.8) is 0 Å². The maximum absolute atomic E-state index is 12.5. The highest BCUT2D eigenvalue weighted by molar-refractivity contribution is 7.99. The third-order valence-electron chi connectivity index (χ3n) is 3.79. The van der Waals surface area contributed by atoms with Crippen LogP contribution in [0, 0.1) is 0 Å². The number of para-hydroxylation sites is 2. The molecule has 3 rings (SSSR count). The van der Waals surface area contributed by atoms with Gasteiger partial charge in [-0.25, -0.2) is 4.98 Å². The molecular weight excluding hydrogens is 346 g/mol. The fraction of sp³-hybridized carbons (Fsp3) is 0.150. The lowest BCUT2D eigenvalue weighted by atomic mass is 10.1. The van der Waals surface area contributed by atoms with Gasteiger partial charge < -0.3 is 9.88 Å². The number of nitrogens with zero attached hydrogens (tertiary/aromatic N) is 2. The molecule has 5 nitrogen and oxygen atoms in total. The van der Waals surface area contributed by atoms with Crippen LogP contribution in [0.15, 0.2) is 66.3 Å². The monoisotopic (exact) mass is 365 g/mol. The molecule has 0 unspecified atom stereocenters. The van der Waals surface area contributed by atoms with E-state index in [4.69, 9.17) is 0 Å². The van der Waals surface area contributed by atoms with Gasteiger partial charge in [-0.15, -0.1) is 6.58 Å². The van der Waals surface area contributed by atoms with Gasteiger partial charge in [0.25, 0.3) is 0 Å². The fourth-order valence-electron chi connectivity index (χ4n) is 2.63. The summed E-state index contributed by atoms with van der Waals surface area (Å²) >= 11 is 1.42. The summed E-state index contributed by atoms with van der Waals surface area (Å²) in [6.45, 7) is 5.89. The highest BCUT2D eigenvalue weighted by Crippen LogP contribution is 2.25. The van der Waals surface area contributed by atoms with Gasteiger partial charge in [-0.1, -0.05) is 30.0 Å². The molecule has 132 valence electrons. The maximum atomic E-state index is 12.5. The van der Waals surface area contributed by atoms with Crippen LogP contribution < -0.4 is 5.32 Å². The summed E-state index contributed by atoms with van der Waals surface area (Å²) in [4.78, 5) is 28.1. The van der Waals surface area contributed by atoms with Gasteiger partial charge in [0.05, 0.1) is 16.8 Å². The van der Waals surface area contributed by atoms with E-state index in [-0.39, 0.29) is 11.7 Å². The molecule has 6 heteroatoms. The van der Waals surface area contributed by atoms with E-state index in [0.29, 0.717) is 23.5 Å². The van der Waals surface area contributed by atoms with Gasteiger partial charge >= 0.3 is 0 Å². The van der Waals surface area contributed by atoms with Crippen molar-refractivity contribution in [1.82, 2.24) is 9.55 Å². The molecule has 2 aromatic carbocycles. The molecular formula is C20H19N3O2S. The van der Waals surface area contributed by atoms with Crippen molar-refractivity contribution < 1.29 is 9.59 Å². The van der Waals surface area contributed by atoms with Crippen LogP contribution in [0.4, 0.5) is 5.69 Å². The Labute approximate surface area is 156 Å². The number of ketones is 1. The number of allylic oxidation sites excluding steroid dienone is 1. The number of nitrogens with one attached hydrogen (secondary N) is 1. The first kappa shape index (κ1) is 17.9. The van der Waals surface area contributed by atoms with Crippen molar-refractivity contribution in [3.05, 3.63) is 66.7 Å². The van der Waals surface area contributed by atoms with Gasteiger partial charge in [0.1, 0.15) is 0 Å². The number of benzene rings is 2. The Morgan fingerprint density at radius 3 is 2.62 bits per heavy atom. The van der Waals surface area contributed by atoms with Crippen molar-refractivity contribution in [2.75, 3.05) is 11.1 Å². The van der Waals surface area contributed by atoms with Crippen molar-refractivity contribution in [1.29, 1.82) is 0 Å². The average molecular weight is 365 g/mol. The number of thioether (sulfide) groups is 1. The largest absolute Gasteiger partial charge is 0.326 e. The predicted octanol–water partition coefficient (Wildman–Crippen LogP) is 4.16. The number of hydrogen-bond acceptors (Lipinski definition) is 4. The molecule has 0 fully saturated rings. The minimum Gasteiger partial charge on any atom is -0.326 e. The molecule has 26 heavy (non-hydrogen) atoms. The number of anilines is 1. The number of imidazole rings is 1. The summed E-state index contributed by atoms with van der Waals surface area (Å²) in [5.41, 5.74) is 3.22. The molecule has 0 saturated heterocycles. The van der Waals surface area contributed by atoms with Crippen molar-refractivity contribution >= 4 is 40.2 Å².